The third-order valence-corrected chi connectivity index (χ3v) is 5.55. The van der Waals surface area contributed by atoms with Crippen LogP contribution in [0.1, 0.15) is 23.1 Å². The molecule has 0 saturated carbocycles. The molecule has 1 amide bonds. The number of rotatable bonds is 8. The second kappa shape index (κ2) is 8.85. The summed E-state index contributed by atoms with van der Waals surface area (Å²) in [6.45, 7) is 4.49. The number of aryl methyl sites for hydroxylation is 1. The van der Waals surface area contributed by atoms with Crippen molar-refractivity contribution in [3.63, 3.8) is 0 Å². The number of anilines is 1. The minimum absolute atomic E-state index is 0.120. The largest absolute Gasteiger partial charge is 0.356 e. The first-order valence-electron chi connectivity index (χ1n) is 8.63. The molecular formula is C20H26N2O3S. The molecule has 0 aromatic heterocycles. The fourth-order valence-electron chi connectivity index (χ4n) is 2.75. The lowest BCUT2D eigenvalue weighted by atomic mass is 10.1. The van der Waals surface area contributed by atoms with Crippen molar-refractivity contribution < 1.29 is 13.2 Å². The van der Waals surface area contributed by atoms with Crippen LogP contribution in [0.5, 0.6) is 0 Å². The summed E-state index contributed by atoms with van der Waals surface area (Å²) in [6, 6.07) is 15.4. The van der Waals surface area contributed by atoms with Gasteiger partial charge in [-0.15, -0.1) is 0 Å². The highest BCUT2D eigenvalue weighted by atomic mass is 32.2. The Kier molecular flexibility index (Phi) is 6.80. The van der Waals surface area contributed by atoms with E-state index in [-0.39, 0.29) is 18.9 Å². The molecule has 0 bridgehead atoms. The van der Waals surface area contributed by atoms with Gasteiger partial charge in [0.2, 0.25) is 15.9 Å². The first-order chi connectivity index (χ1) is 12.3. The standard InChI is InChI=1S/C20H26N2O3S/c1-16-8-7-11-19(17(16)2)22(26(3,24)25)15-13-20(23)21-14-12-18-9-5-4-6-10-18/h4-11H,12-15H2,1-3H3,(H,21,23). The Morgan fingerprint density at radius 2 is 1.73 bits per heavy atom. The van der Waals surface area contributed by atoms with Gasteiger partial charge in [-0.25, -0.2) is 8.42 Å². The van der Waals surface area contributed by atoms with Crippen LogP contribution in [0, 0.1) is 13.8 Å². The maximum absolute atomic E-state index is 12.2. The number of hydrogen-bond acceptors (Lipinski definition) is 3. The van der Waals surface area contributed by atoms with E-state index in [4.69, 9.17) is 0 Å². The van der Waals surface area contributed by atoms with Crippen molar-refractivity contribution in [1.82, 2.24) is 5.32 Å². The molecular weight excluding hydrogens is 348 g/mol. The maximum Gasteiger partial charge on any atom is 0.232 e. The number of carbonyl (C=O) groups is 1. The number of sulfonamides is 1. The van der Waals surface area contributed by atoms with Gasteiger partial charge in [0.25, 0.3) is 0 Å². The lowest BCUT2D eigenvalue weighted by molar-refractivity contribution is -0.120. The summed E-state index contributed by atoms with van der Waals surface area (Å²) < 4.78 is 25.7. The number of amides is 1. The van der Waals surface area contributed by atoms with Crippen molar-refractivity contribution in [2.75, 3.05) is 23.7 Å². The molecule has 0 aliphatic carbocycles. The molecule has 2 aromatic carbocycles. The SMILES string of the molecule is Cc1cccc(N(CCC(=O)NCCc2ccccc2)S(C)(=O)=O)c1C. The first kappa shape index (κ1) is 20.0. The van der Waals surface area contributed by atoms with Gasteiger partial charge in [-0.1, -0.05) is 42.5 Å². The molecule has 0 aliphatic rings. The Morgan fingerprint density at radius 1 is 1.04 bits per heavy atom. The second-order valence-electron chi connectivity index (χ2n) is 6.39. The molecule has 0 atom stereocenters. The highest BCUT2D eigenvalue weighted by Crippen LogP contribution is 2.25. The van der Waals surface area contributed by atoms with Gasteiger partial charge in [0.1, 0.15) is 0 Å². The van der Waals surface area contributed by atoms with Gasteiger partial charge >= 0.3 is 0 Å². The van der Waals surface area contributed by atoms with Crippen LogP contribution in [-0.4, -0.2) is 33.7 Å². The zero-order chi connectivity index (χ0) is 19.2. The first-order valence-corrected chi connectivity index (χ1v) is 10.5. The van der Waals surface area contributed by atoms with Gasteiger partial charge in [-0.3, -0.25) is 9.10 Å². The Balaban J connectivity index is 1.95. The Hall–Kier alpha value is -2.34. The van der Waals surface area contributed by atoms with Gasteiger partial charge in [0.15, 0.2) is 0 Å². The van der Waals surface area contributed by atoms with Gasteiger partial charge in [-0.05, 0) is 43.0 Å². The molecule has 0 fully saturated rings. The molecule has 140 valence electrons. The normalized spacial score (nSPS) is 11.2. The van der Waals surface area contributed by atoms with E-state index in [1.807, 2.05) is 56.3 Å². The van der Waals surface area contributed by atoms with Crippen LogP contribution in [0.2, 0.25) is 0 Å². The van der Waals surface area contributed by atoms with Gasteiger partial charge < -0.3 is 5.32 Å². The highest BCUT2D eigenvalue weighted by molar-refractivity contribution is 7.92. The van der Waals surface area contributed by atoms with E-state index in [0.717, 1.165) is 23.1 Å². The average molecular weight is 375 g/mol. The zero-order valence-corrected chi connectivity index (χ0v) is 16.3. The van der Waals surface area contributed by atoms with Gasteiger partial charge in [0.05, 0.1) is 11.9 Å². The molecule has 1 N–H and O–H groups in total. The fourth-order valence-corrected chi connectivity index (χ4v) is 3.73. The third-order valence-electron chi connectivity index (χ3n) is 4.37. The van der Waals surface area contributed by atoms with E-state index in [1.54, 1.807) is 6.07 Å². The second-order valence-corrected chi connectivity index (χ2v) is 8.30. The summed E-state index contributed by atoms with van der Waals surface area (Å²) in [5.74, 6) is -0.153. The van der Waals surface area contributed by atoms with Crippen LogP contribution in [0.25, 0.3) is 0 Å². The summed E-state index contributed by atoms with van der Waals surface area (Å²) in [4.78, 5) is 12.1. The van der Waals surface area contributed by atoms with Crippen molar-refractivity contribution in [2.45, 2.75) is 26.7 Å². The van der Waals surface area contributed by atoms with Crippen molar-refractivity contribution in [2.24, 2.45) is 0 Å². The van der Waals surface area contributed by atoms with Crippen LogP contribution in [0.4, 0.5) is 5.69 Å². The Bertz CT molecular complexity index is 849. The Morgan fingerprint density at radius 3 is 2.38 bits per heavy atom. The van der Waals surface area contributed by atoms with E-state index in [9.17, 15) is 13.2 Å². The molecule has 0 aliphatic heterocycles. The molecule has 0 radical (unpaired) electrons. The van der Waals surface area contributed by atoms with Gasteiger partial charge in [-0.2, -0.15) is 0 Å². The topological polar surface area (TPSA) is 66.5 Å². The molecule has 2 rings (SSSR count). The van der Waals surface area contributed by atoms with Crippen LogP contribution in [0.3, 0.4) is 0 Å². The van der Waals surface area contributed by atoms with Crippen molar-refractivity contribution in [1.29, 1.82) is 0 Å². The quantitative estimate of drug-likeness (QED) is 0.773. The van der Waals surface area contributed by atoms with E-state index in [0.29, 0.717) is 12.2 Å². The highest BCUT2D eigenvalue weighted by Gasteiger charge is 2.20. The monoisotopic (exact) mass is 374 g/mol. The minimum Gasteiger partial charge on any atom is -0.356 e. The fraction of sp³-hybridized carbons (Fsp3) is 0.350. The zero-order valence-electron chi connectivity index (χ0n) is 15.5. The Labute approximate surface area is 156 Å². The lowest BCUT2D eigenvalue weighted by Crippen LogP contribution is -2.35. The van der Waals surface area contributed by atoms with Crippen molar-refractivity contribution in [3.05, 3.63) is 65.2 Å². The molecule has 0 unspecified atom stereocenters. The number of nitrogens with one attached hydrogen (secondary N) is 1. The van der Waals surface area contributed by atoms with Crippen molar-refractivity contribution in [3.8, 4) is 0 Å². The predicted molar refractivity (Wildman–Crippen MR) is 106 cm³/mol. The van der Waals surface area contributed by atoms with Crippen LogP contribution in [0.15, 0.2) is 48.5 Å². The average Bonchev–Trinajstić information content (AvgIpc) is 2.58. The molecule has 0 saturated heterocycles. The number of nitrogens with zero attached hydrogens (tertiary/aromatic N) is 1. The summed E-state index contributed by atoms with van der Waals surface area (Å²) in [5, 5.41) is 2.85. The molecule has 0 heterocycles. The van der Waals surface area contributed by atoms with E-state index in [1.165, 1.54) is 10.6 Å². The number of benzene rings is 2. The molecule has 26 heavy (non-hydrogen) atoms. The smallest absolute Gasteiger partial charge is 0.232 e. The minimum atomic E-state index is -3.46. The van der Waals surface area contributed by atoms with Crippen LogP contribution in [-0.2, 0) is 21.2 Å². The van der Waals surface area contributed by atoms with E-state index < -0.39 is 10.0 Å². The van der Waals surface area contributed by atoms with Crippen molar-refractivity contribution >= 4 is 21.6 Å². The molecule has 5 nitrogen and oxygen atoms in total. The maximum atomic E-state index is 12.2. The van der Waals surface area contributed by atoms with Gasteiger partial charge in [0, 0.05) is 19.5 Å². The predicted octanol–water partition coefficient (Wildman–Crippen LogP) is 2.82. The number of carbonyl (C=O) groups excluding carboxylic acids is 1. The lowest BCUT2D eigenvalue weighted by Gasteiger charge is -2.24. The van der Waals surface area contributed by atoms with E-state index >= 15 is 0 Å². The van der Waals surface area contributed by atoms with Crippen LogP contribution < -0.4 is 9.62 Å². The molecule has 2 aromatic rings. The molecule has 6 heteroatoms. The summed E-state index contributed by atoms with van der Waals surface area (Å²) in [6.07, 6.45) is 2.04. The summed E-state index contributed by atoms with van der Waals surface area (Å²) in [7, 11) is -3.46. The summed E-state index contributed by atoms with van der Waals surface area (Å²) >= 11 is 0. The number of hydrogen-bond donors (Lipinski definition) is 1. The molecule has 0 spiro atoms. The van der Waals surface area contributed by atoms with Crippen LogP contribution >= 0.6 is 0 Å². The summed E-state index contributed by atoms with van der Waals surface area (Å²) in [5.41, 5.74) is 3.71. The van der Waals surface area contributed by atoms with E-state index in [2.05, 4.69) is 5.32 Å². The third kappa shape index (κ3) is 5.59.